The van der Waals surface area contributed by atoms with Crippen molar-refractivity contribution in [3.05, 3.63) is 0 Å². The third-order valence-electron chi connectivity index (χ3n) is 1.88. The third-order valence-corrected chi connectivity index (χ3v) is 1.88. The molecule has 0 spiro atoms. The highest BCUT2D eigenvalue weighted by Crippen LogP contribution is 2.11. The normalized spacial score (nSPS) is 10.6. The van der Waals surface area contributed by atoms with E-state index in [1.54, 1.807) is 13.8 Å². The summed E-state index contributed by atoms with van der Waals surface area (Å²) in [7, 11) is 0. The van der Waals surface area contributed by atoms with Gasteiger partial charge in [-0.15, -0.1) is 0 Å². The Kier molecular flexibility index (Phi) is 5.09. The zero-order valence-electron chi connectivity index (χ0n) is 8.26. The molecule has 1 amide bonds. The van der Waals surface area contributed by atoms with Gasteiger partial charge in [-0.1, -0.05) is 0 Å². The Morgan fingerprint density at radius 3 is 2.69 bits per heavy atom. The molecule has 0 unspecified atom stereocenters. The molecule has 0 fully saturated rings. The van der Waals surface area contributed by atoms with Crippen molar-refractivity contribution in [1.29, 1.82) is 5.26 Å². The monoisotopic (exact) mass is 183 g/mol. The number of hydrogen-bond donors (Lipinski definition) is 2. The molecule has 0 atom stereocenters. The molecule has 0 aromatic heterocycles. The van der Waals surface area contributed by atoms with Crippen LogP contribution in [0.5, 0.6) is 0 Å². The van der Waals surface area contributed by atoms with Crippen LogP contribution in [0.1, 0.15) is 26.7 Å². The van der Waals surface area contributed by atoms with Crippen LogP contribution in [0, 0.1) is 16.7 Å². The van der Waals surface area contributed by atoms with Gasteiger partial charge in [-0.25, -0.2) is 0 Å². The molecule has 0 bridgehead atoms. The molecule has 13 heavy (non-hydrogen) atoms. The van der Waals surface area contributed by atoms with Crippen LogP contribution in [0.2, 0.25) is 0 Å². The summed E-state index contributed by atoms with van der Waals surface area (Å²) in [5, 5.41) is 11.0. The molecule has 0 aliphatic rings. The van der Waals surface area contributed by atoms with Crippen molar-refractivity contribution in [2.75, 3.05) is 13.1 Å². The van der Waals surface area contributed by atoms with E-state index < -0.39 is 5.41 Å². The molecule has 0 heterocycles. The number of hydrogen-bond acceptors (Lipinski definition) is 3. The lowest BCUT2D eigenvalue weighted by atomic mass is 9.93. The predicted octanol–water partition coefficient (Wildman–Crippen LogP) is 0.391. The molecule has 0 aromatic rings. The van der Waals surface area contributed by atoms with Crippen LogP contribution in [0.3, 0.4) is 0 Å². The quantitative estimate of drug-likeness (QED) is 0.605. The van der Waals surface area contributed by atoms with Crippen LogP contribution < -0.4 is 11.1 Å². The van der Waals surface area contributed by atoms with Gasteiger partial charge < -0.3 is 11.1 Å². The highest BCUT2D eigenvalue weighted by molar-refractivity contribution is 5.81. The van der Waals surface area contributed by atoms with E-state index in [0.29, 0.717) is 25.9 Å². The first-order valence-corrected chi connectivity index (χ1v) is 4.40. The van der Waals surface area contributed by atoms with E-state index >= 15 is 0 Å². The first-order chi connectivity index (χ1) is 6.04. The Bertz CT molecular complexity index is 205. The molecule has 0 aliphatic carbocycles. The van der Waals surface area contributed by atoms with Crippen molar-refractivity contribution < 1.29 is 4.79 Å². The molecule has 0 rings (SSSR count). The topological polar surface area (TPSA) is 78.9 Å². The maximum Gasteiger partial charge on any atom is 0.226 e. The van der Waals surface area contributed by atoms with Gasteiger partial charge in [-0.05, 0) is 20.3 Å². The highest BCUT2D eigenvalue weighted by Gasteiger charge is 2.24. The number of nitrogens with one attached hydrogen (secondary N) is 1. The van der Waals surface area contributed by atoms with Gasteiger partial charge in [0.05, 0.1) is 11.5 Å². The Morgan fingerprint density at radius 1 is 1.62 bits per heavy atom. The zero-order valence-corrected chi connectivity index (χ0v) is 8.26. The predicted molar refractivity (Wildman–Crippen MR) is 50.7 cm³/mol. The molecule has 3 N–H and O–H groups in total. The number of amides is 1. The minimum absolute atomic E-state index is 0.0482. The van der Waals surface area contributed by atoms with Crippen molar-refractivity contribution in [1.82, 2.24) is 5.32 Å². The molecular formula is C9H17N3O. The average molecular weight is 183 g/mol. The van der Waals surface area contributed by atoms with Gasteiger partial charge in [-0.2, -0.15) is 5.26 Å². The lowest BCUT2D eigenvalue weighted by Gasteiger charge is -2.20. The summed E-state index contributed by atoms with van der Waals surface area (Å²) in [5.74, 6) is -0.0482. The summed E-state index contributed by atoms with van der Waals surface area (Å²) >= 11 is 0. The van der Waals surface area contributed by atoms with Crippen molar-refractivity contribution in [3.63, 3.8) is 0 Å². The summed E-state index contributed by atoms with van der Waals surface area (Å²) in [6.07, 6.45) is 1.17. The van der Waals surface area contributed by atoms with Crippen LogP contribution in [-0.4, -0.2) is 19.0 Å². The molecule has 0 saturated heterocycles. The smallest absolute Gasteiger partial charge is 0.226 e. The van der Waals surface area contributed by atoms with E-state index in [-0.39, 0.29) is 5.91 Å². The van der Waals surface area contributed by atoms with Crippen LogP contribution in [0.15, 0.2) is 0 Å². The van der Waals surface area contributed by atoms with Crippen LogP contribution in [-0.2, 0) is 4.79 Å². The minimum Gasteiger partial charge on any atom is -0.356 e. The minimum atomic E-state index is -0.507. The first kappa shape index (κ1) is 11.9. The van der Waals surface area contributed by atoms with Crippen molar-refractivity contribution in [3.8, 4) is 6.07 Å². The summed E-state index contributed by atoms with van der Waals surface area (Å²) in [4.78, 5) is 11.4. The number of carbonyl (C=O) groups is 1. The number of nitrogens with two attached hydrogens (primary N) is 1. The van der Waals surface area contributed by atoms with E-state index in [0.717, 1.165) is 0 Å². The van der Waals surface area contributed by atoms with Gasteiger partial charge in [0.25, 0.3) is 0 Å². The summed E-state index contributed by atoms with van der Waals surface area (Å²) in [6.45, 7) is 4.48. The largest absolute Gasteiger partial charge is 0.356 e. The number of unbranched alkanes of at least 4 members (excludes halogenated alkanes) is 1. The second-order valence-corrected chi connectivity index (χ2v) is 3.61. The SMILES string of the molecule is CC(C)(CN)C(=O)NCCCC#N. The molecule has 4 nitrogen and oxygen atoms in total. The Labute approximate surface area is 79.1 Å². The number of nitrogens with zero attached hydrogens (tertiary/aromatic N) is 1. The lowest BCUT2D eigenvalue weighted by molar-refractivity contribution is -0.128. The summed E-state index contributed by atoms with van der Waals surface area (Å²) < 4.78 is 0. The number of rotatable bonds is 5. The molecule has 0 aliphatic heterocycles. The van der Waals surface area contributed by atoms with E-state index in [9.17, 15) is 4.79 Å². The second-order valence-electron chi connectivity index (χ2n) is 3.61. The molecule has 4 heteroatoms. The van der Waals surface area contributed by atoms with Crippen molar-refractivity contribution in [2.24, 2.45) is 11.1 Å². The average Bonchev–Trinajstić information content (AvgIpc) is 2.12. The van der Waals surface area contributed by atoms with Crippen molar-refractivity contribution in [2.45, 2.75) is 26.7 Å². The van der Waals surface area contributed by atoms with Gasteiger partial charge in [0.2, 0.25) is 5.91 Å². The van der Waals surface area contributed by atoms with E-state index in [2.05, 4.69) is 5.32 Å². The fourth-order valence-corrected chi connectivity index (χ4v) is 0.701. The summed E-state index contributed by atoms with van der Waals surface area (Å²) in [5.41, 5.74) is 4.92. The Balaban J connectivity index is 3.70. The molecular weight excluding hydrogens is 166 g/mol. The number of carbonyl (C=O) groups excluding carboxylic acids is 1. The first-order valence-electron chi connectivity index (χ1n) is 4.40. The van der Waals surface area contributed by atoms with Crippen molar-refractivity contribution >= 4 is 5.91 Å². The van der Waals surface area contributed by atoms with Crippen LogP contribution in [0.25, 0.3) is 0 Å². The maximum absolute atomic E-state index is 11.4. The Morgan fingerprint density at radius 2 is 2.23 bits per heavy atom. The van der Waals surface area contributed by atoms with Gasteiger partial charge in [0, 0.05) is 19.5 Å². The maximum atomic E-state index is 11.4. The standard InChI is InChI=1S/C9H17N3O/c1-9(2,7-11)8(13)12-6-4-3-5-10/h3-4,6-7,11H2,1-2H3,(H,12,13). The van der Waals surface area contributed by atoms with Gasteiger partial charge in [0.15, 0.2) is 0 Å². The zero-order chi connectivity index (χ0) is 10.3. The molecule has 0 radical (unpaired) electrons. The van der Waals surface area contributed by atoms with E-state index in [1.165, 1.54) is 0 Å². The Hall–Kier alpha value is -1.08. The molecule has 0 saturated carbocycles. The van der Waals surface area contributed by atoms with Gasteiger partial charge in [0.1, 0.15) is 0 Å². The lowest BCUT2D eigenvalue weighted by Crippen LogP contribution is -2.42. The fourth-order valence-electron chi connectivity index (χ4n) is 0.701. The van der Waals surface area contributed by atoms with E-state index in [1.807, 2.05) is 6.07 Å². The van der Waals surface area contributed by atoms with Crippen LogP contribution in [0.4, 0.5) is 0 Å². The van der Waals surface area contributed by atoms with Gasteiger partial charge >= 0.3 is 0 Å². The van der Waals surface area contributed by atoms with E-state index in [4.69, 9.17) is 11.0 Å². The fraction of sp³-hybridized carbons (Fsp3) is 0.778. The molecule has 0 aromatic carbocycles. The number of nitriles is 1. The van der Waals surface area contributed by atoms with Crippen LogP contribution >= 0.6 is 0 Å². The highest BCUT2D eigenvalue weighted by atomic mass is 16.2. The third kappa shape index (κ3) is 4.48. The summed E-state index contributed by atoms with van der Waals surface area (Å²) in [6, 6.07) is 2.02. The van der Waals surface area contributed by atoms with Gasteiger partial charge in [-0.3, -0.25) is 4.79 Å². The second kappa shape index (κ2) is 5.55. The molecule has 74 valence electrons.